The van der Waals surface area contributed by atoms with E-state index in [1.807, 2.05) is 24.3 Å². The van der Waals surface area contributed by atoms with Crippen LogP contribution in [0.5, 0.6) is 5.75 Å². The summed E-state index contributed by atoms with van der Waals surface area (Å²) in [5.41, 5.74) is 1.22. The number of nitriles is 1. The van der Waals surface area contributed by atoms with Crippen molar-refractivity contribution in [3.05, 3.63) is 96.4 Å². The van der Waals surface area contributed by atoms with Gasteiger partial charge in [0.05, 0.1) is 25.8 Å². The maximum atomic E-state index is 12.6. The van der Waals surface area contributed by atoms with Crippen LogP contribution in [0.15, 0.2) is 60.2 Å². The highest BCUT2D eigenvalue weighted by Gasteiger charge is 2.16. The lowest BCUT2D eigenvalue weighted by Gasteiger charge is -2.12. The molecule has 0 aromatic heterocycles. The van der Waals surface area contributed by atoms with E-state index in [2.05, 4.69) is 5.32 Å². The fraction of sp³-hybridized carbons (Fsp3) is 0.0435. The molecule has 0 saturated carbocycles. The van der Waals surface area contributed by atoms with E-state index in [1.54, 1.807) is 24.3 Å². The van der Waals surface area contributed by atoms with Gasteiger partial charge in [-0.2, -0.15) is 5.26 Å². The molecule has 0 unspecified atom stereocenters. The summed E-state index contributed by atoms with van der Waals surface area (Å²) in [6, 6.07) is 16.9. The molecule has 3 aromatic rings. The molecular weight excluding hydrogens is 514 g/mol. The molecule has 0 aliphatic rings. The SMILES string of the molecule is N#C/C(=C\c1cc(Cl)c(OCc2ccccc2Cl)c(Cl)c1)C(=O)Nc1c(Cl)cccc1Cl. The molecule has 0 aliphatic carbocycles. The molecule has 0 bridgehead atoms. The maximum absolute atomic E-state index is 12.6. The number of nitrogens with one attached hydrogen (secondary N) is 1. The van der Waals surface area contributed by atoms with Crippen molar-refractivity contribution in [2.75, 3.05) is 5.32 Å². The predicted octanol–water partition coefficient (Wildman–Crippen LogP) is 8.08. The molecule has 1 amide bonds. The van der Waals surface area contributed by atoms with E-state index >= 15 is 0 Å². The van der Waals surface area contributed by atoms with E-state index in [1.165, 1.54) is 18.2 Å². The Bertz CT molecular complexity index is 1210. The Morgan fingerprint density at radius 1 is 0.906 bits per heavy atom. The summed E-state index contributed by atoms with van der Waals surface area (Å²) in [7, 11) is 0. The van der Waals surface area contributed by atoms with E-state index in [0.29, 0.717) is 10.6 Å². The lowest BCUT2D eigenvalue weighted by molar-refractivity contribution is -0.112. The zero-order chi connectivity index (χ0) is 23.3. The van der Waals surface area contributed by atoms with E-state index in [4.69, 9.17) is 62.7 Å². The van der Waals surface area contributed by atoms with Gasteiger partial charge in [0.2, 0.25) is 0 Å². The van der Waals surface area contributed by atoms with Crippen LogP contribution in [-0.2, 0) is 11.4 Å². The molecule has 0 heterocycles. The highest BCUT2D eigenvalue weighted by atomic mass is 35.5. The van der Waals surface area contributed by atoms with Gasteiger partial charge in [-0.3, -0.25) is 4.79 Å². The summed E-state index contributed by atoms with van der Waals surface area (Å²) in [4.78, 5) is 12.6. The number of rotatable bonds is 6. The van der Waals surface area contributed by atoms with Crippen molar-refractivity contribution in [2.45, 2.75) is 6.61 Å². The first-order chi connectivity index (χ1) is 15.3. The Labute approximate surface area is 209 Å². The standard InChI is InChI=1S/C23H13Cl5N2O2/c24-16-5-2-1-4-14(16)12-32-22-19(27)9-13(10-20(22)28)8-15(11-29)23(31)30-21-17(25)6-3-7-18(21)26/h1-10H,12H2,(H,30,31)/b15-8+. The van der Waals surface area contributed by atoms with Gasteiger partial charge in [0.25, 0.3) is 5.91 Å². The van der Waals surface area contributed by atoms with Crippen LogP contribution in [0.25, 0.3) is 6.08 Å². The van der Waals surface area contributed by atoms with Gasteiger partial charge in [0.1, 0.15) is 18.2 Å². The molecule has 32 heavy (non-hydrogen) atoms. The molecule has 3 rings (SSSR count). The zero-order valence-corrected chi connectivity index (χ0v) is 19.9. The van der Waals surface area contributed by atoms with Crippen LogP contribution in [0.1, 0.15) is 11.1 Å². The maximum Gasteiger partial charge on any atom is 0.266 e. The summed E-state index contributed by atoms with van der Waals surface area (Å²) in [6.45, 7) is 0.165. The number of anilines is 1. The van der Waals surface area contributed by atoms with Crippen molar-refractivity contribution in [3.8, 4) is 11.8 Å². The van der Waals surface area contributed by atoms with Crippen LogP contribution in [0, 0.1) is 11.3 Å². The van der Waals surface area contributed by atoms with Gasteiger partial charge in [0, 0.05) is 10.6 Å². The smallest absolute Gasteiger partial charge is 0.266 e. The molecular formula is C23H13Cl5N2O2. The quantitative estimate of drug-likeness (QED) is 0.261. The topological polar surface area (TPSA) is 62.1 Å². The van der Waals surface area contributed by atoms with Crippen LogP contribution in [0.3, 0.4) is 0 Å². The second-order valence-corrected chi connectivity index (χ2v) is 8.45. The molecule has 0 saturated heterocycles. The van der Waals surface area contributed by atoms with Gasteiger partial charge >= 0.3 is 0 Å². The minimum Gasteiger partial charge on any atom is -0.486 e. The van der Waals surface area contributed by atoms with Crippen LogP contribution in [0.2, 0.25) is 25.1 Å². The third-order valence-corrected chi connectivity index (χ3v) is 5.79. The number of amides is 1. The Kier molecular flexibility index (Phi) is 8.31. The summed E-state index contributed by atoms with van der Waals surface area (Å²) in [6.07, 6.45) is 1.34. The largest absolute Gasteiger partial charge is 0.486 e. The number of benzene rings is 3. The third-order valence-electron chi connectivity index (χ3n) is 4.23. The van der Waals surface area contributed by atoms with E-state index in [0.717, 1.165) is 5.56 Å². The molecule has 1 N–H and O–H groups in total. The average Bonchev–Trinajstić information content (AvgIpc) is 2.75. The van der Waals surface area contributed by atoms with Crippen LogP contribution < -0.4 is 10.1 Å². The summed E-state index contributed by atoms with van der Waals surface area (Å²) in [5.74, 6) is -0.426. The van der Waals surface area contributed by atoms with Crippen molar-refractivity contribution in [1.82, 2.24) is 0 Å². The van der Waals surface area contributed by atoms with E-state index in [-0.39, 0.29) is 43.7 Å². The van der Waals surface area contributed by atoms with Crippen molar-refractivity contribution in [3.63, 3.8) is 0 Å². The van der Waals surface area contributed by atoms with Crippen LogP contribution in [0.4, 0.5) is 5.69 Å². The number of hydrogen-bond acceptors (Lipinski definition) is 3. The Morgan fingerprint density at radius 2 is 1.50 bits per heavy atom. The summed E-state index contributed by atoms with van der Waals surface area (Å²) in [5, 5.41) is 13.5. The van der Waals surface area contributed by atoms with Gasteiger partial charge in [-0.1, -0.05) is 82.3 Å². The minimum absolute atomic E-state index is 0.165. The molecule has 162 valence electrons. The Hall–Kier alpha value is -2.39. The third kappa shape index (κ3) is 5.89. The fourth-order valence-corrected chi connectivity index (χ4v) is 3.97. The highest BCUT2D eigenvalue weighted by molar-refractivity contribution is 6.40. The number of hydrogen-bond donors (Lipinski definition) is 1. The monoisotopic (exact) mass is 524 g/mol. The first-order valence-electron chi connectivity index (χ1n) is 9.02. The van der Waals surface area contributed by atoms with Crippen molar-refractivity contribution in [2.24, 2.45) is 0 Å². The summed E-state index contributed by atoms with van der Waals surface area (Å²) < 4.78 is 5.73. The molecule has 0 fully saturated rings. The fourth-order valence-electron chi connectivity index (χ4n) is 2.68. The lowest BCUT2D eigenvalue weighted by Crippen LogP contribution is -2.14. The molecule has 0 spiro atoms. The number of nitrogens with zero attached hydrogens (tertiary/aromatic N) is 1. The van der Waals surface area contributed by atoms with Crippen molar-refractivity contribution >= 4 is 75.7 Å². The summed E-state index contributed by atoms with van der Waals surface area (Å²) >= 11 is 30.9. The first-order valence-corrected chi connectivity index (χ1v) is 10.9. The van der Waals surface area contributed by atoms with Crippen molar-refractivity contribution in [1.29, 1.82) is 5.26 Å². The molecule has 0 aliphatic heterocycles. The minimum atomic E-state index is -0.686. The van der Waals surface area contributed by atoms with Crippen molar-refractivity contribution < 1.29 is 9.53 Å². The number of halogens is 5. The predicted molar refractivity (Wildman–Crippen MR) is 131 cm³/mol. The van der Waals surface area contributed by atoms with Crippen LogP contribution >= 0.6 is 58.0 Å². The zero-order valence-electron chi connectivity index (χ0n) is 16.1. The number of carbonyl (C=O) groups is 1. The second-order valence-electron chi connectivity index (χ2n) is 6.41. The normalized spacial score (nSPS) is 11.1. The van der Waals surface area contributed by atoms with Gasteiger partial charge in [-0.05, 0) is 42.0 Å². The number of para-hydroxylation sites is 1. The first kappa shape index (κ1) is 24.3. The highest BCUT2D eigenvalue weighted by Crippen LogP contribution is 2.36. The molecule has 3 aromatic carbocycles. The second kappa shape index (κ2) is 11.0. The number of ether oxygens (including phenoxy) is 1. The van der Waals surface area contributed by atoms with Gasteiger partial charge in [0.15, 0.2) is 5.75 Å². The van der Waals surface area contributed by atoms with E-state index in [9.17, 15) is 10.1 Å². The van der Waals surface area contributed by atoms with Gasteiger partial charge in [-0.15, -0.1) is 0 Å². The number of carbonyl (C=O) groups excluding carboxylic acids is 1. The molecule has 4 nitrogen and oxygen atoms in total. The Morgan fingerprint density at radius 3 is 2.09 bits per heavy atom. The molecule has 9 heteroatoms. The molecule has 0 radical (unpaired) electrons. The Balaban J connectivity index is 1.81. The average molecular weight is 527 g/mol. The van der Waals surface area contributed by atoms with Gasteiger partial charge in [-0.25, -0.2) is 0 Å². The van der Waals surface area contributed by atoms with Gasteiger partial charge < -0.3 is 10.1 Å². The van der Waals surface area contributed by atoms with E-state index < -0.39 is 5.91 Å². The molecule has 0 atom stereocenters. The lowest BCUT2D eigenvalue weighted by atomic mass is 10.1. The van der Waals surface area contributed by atoms with Crippen LogP contribution in [-0.4, -0.2) is 5.91 Å².